The van der Waals surface area contributed by atoms with Crippen molar-refractivity contribution in [3.8, 4) is 0 Å². The summed E-state index contributed by atoms with van der Waals surface area (Å²) in [6.45, 7) is 2.56. The third-order valence-electron chi connectivity index (χ3n) is 3.81. The number of non-ortho nitro benzene ring substituents is 1. The number of nitrogens with one attached hydrogen (secondary N) is 2. The molecule has 0 aliphatic rings. The van der Waals surface area contributed by atoms with Gasteiger partial charge < -0.3 is 4.90 Å². The van der Waals surface area contributed by atoms with Crippen LogP contribution in [0.1, 0.15) is 30.1 Å². The lowest BCUT2D eigenvalue weighted by Crippen LogP contribution is -2.31. The van der Waals surface area contributed by atoms with Crippen LogP contribution in [0.15, 0.2) is 30.6 Å². The van der Waals surface area contributed by atoms with Gasteiger partial charge in [0.05, 0.1) is 9.85 Å². The molecule has 12 nitrogen and oxygen atoms in total. The van der Waals surface area contributed by atoms with E-state index in [0.717, 1.165) is 25.2 Å². The van der Waals surface area contributed by atoms with Gasteiger partial charge in [0, 0.05) is 31.3 Å². The van der Waals surface area contributed by atoms with E-state index in [9.17, 15) is 25.0 Å². The number of nitro benzene ring substituents is 1. The number of unbranched alkanes of at least 4 members (excludes halogenated alkanes) is 1. The van der Waals surface area contributed by atoms with Crippen LogP contribution in [0.5, 0.6) is 0 Å². The zero-order valence-electron chi connectivity index (χ0n) is 15.3. The molecule has 28 heavy (non-hydrogen) atoms. The standard InChI is InChI=1S/C16H19N7O5/c1-3-4-8-21(2)15-13(23(27)28)14(17-10-18-15)19-20-16(24)11-6-5-7-12(9-11)22(25)26/h5-7,9-10H,3-4,8H2,1-2H3,(H,20,24)(H,17,18,19). The number of amides is 1. The summed E-state index contributed by atoms with van der Waals surface area (Å²) in [5, 5.41) is 22.3. The Morgan fingerprint density at radius 1 is 1.21 bits per heavy atom. The first-order valence-electron chi connectivity index (χ1n) is 8.36. The molecule has 0 saturated heterocycles. The predicted octanol–water partition coefficient (Wildman–Crippen LogP) is 2.29. The van der Waals surface area contributed by atoms with Gasteiger partial charge in [-0.05, 0) is 12.5 Å². The normalized spacial score (nSPS) is 10.2. The maximum absolute atomic E-state index is 12.2. The minimum Gasteiger partial charge on any atom is -0.354 e. The van der Waals surface area contributed by atoms with Gasteiger partial charge in [-0.25, -0.2) is 9.97 Å². The van der Waals surface area contributed by atoms with Gasteiger partial charge in [0.25, 0.3) is 11.6 Å². The molecule has 1 aromatic heterocycles. The lowest BCUT2D eigenvalue weighted by atomic mass is 10.2. The van der Waals surface area contributed by atoms with E-state index in [1.54, 1.807) is 11.9 Å². The van der Waals surface area contributed by atoms with Crippen LogP contribution >= 0.6 is 0 Å². The first-order valence-corrected chi connectivity index (χ1v) is 8.36. The van der Waals surface area contributed by atoms with E-state index in [1.807, 2.05) is 6.92 Å². The molecule has 0 aliphatic carbocycles. The lowest BCUT2D eigenvalue weighted by molar-refractivity contribution is -0.384. The molecule has 2 rings (SSSR count). The van der Waals surface area contributed by atoms with Crippen LogP contribution in [-0.2, 0) is 0 Å². The van der Waals surface area contributed by atoms with Crippen LogP contribution in [0.25, 0.3) is 0 Å². The van der Waals surface area contributed by atoms with Gasteiger partial charge in [0.15, 0.2) is 0 Å². The van der Waals surface area contributed by atoms with Crippen molar-refractivity contribution in [3.05, 3.63) is 56.4 Å². The molecule has 0 fully saturated rings. The molecule has 0 radical (unpaired) electrons. The van der Waals surface area contributed by atoms with Crippen molar-refractivity contribution in [2.75, 3.05) is 23.9 Å². The summed E-state index contributed by atoms with van der Waals surface area (Å²) in [6.07, 6.45) is 2.88. The largest absolute Gasteiger partial charge is 0.355 e. The maximum atomic E-state index is 12.2. The van der Waals surface area contributed by atoms with Crippen LogP contribution < -0.4 is 15.8 Å². The minimum atomic E-state index is -0.711. The molecule has 0 unspecified atom stereocenters. The van der Waals surface area contributed by atoms with Gasteiger partial charge in [-0.15, -0.1) is 0 Å². The number of benzene rings is 1. The molecule has 1 amide bonds. The van der Waals surface area contributed by atoms with E-state index >= 15 is 0 Å². The Bertz CT molecular complexity index is 889. The van der Waals surface area contributed by atoms with E-state index in [4.69, 9.17) is 0 Å². The maximum Gasteiger partial charge on any atom is 0.355 e. The molecule has 2 N–H and O–H groups in total. The van der Waals surface area contributed by atoms with Gasteiger partial charge in [-0.1, -0.05) is 19.4 Å². The highest BCUT2D eigenvalue weighted by Gasteiger charge is 2.26. The fourth-order valence-electron chi connectivity index (χ4n) is 2.36. The highest BCUT2D eigenvalue weighted by molar-refractivity contribution is 5.95. The summed E-state index contributed by atoms with van der Waals surface area (Å²) in [5.74, 6) is -0.796. The van der Waals surface area contributed by atoms with Crippen molar-refractivity contribution in [1.82, 2.24) is 15.4 Å². The number of carbonyl (C=O) groups excluding carboxylic acids is 1. The second kappa shape index (κ2) is 9.21. The Morgan fingerprint density at radius 2 is 1.96 bits per heavy atom. The van der Waals surface area contributed by atoms with Gasteiger partial charge >= 0.3 is 5.69 Å². The minimum absolute atomic E-state index is 0.0127. The third-order valence-corrected chi connectivity index (χ3v) is 3.81. The number of rotatable bonds is 9. The van der Waals surface area contributed by atoms with E-state index in [0.29, 0.717) is 6.54 Å². The quantitative estimate of drug-likeness (QED) is 0.485. The summed E-state index contributed by atoms with van der Waals surface area (Å²) >= 11 is 0. The monoisotopic (exact) mass is 389 g/mol. The van der Waals surface area contributed by atoms with Crippen molar-refractivity contribution in [1.29, 1.82) is 0 Å². The molecule has 148 valence electrons. The van der Waals surface area contributed by atoms with Gasteiger partial charge in [0.1, 0.15) is 6.33 Å². The zero-order valence-corrected chi connectivity index (χ0v) is 15.3. The van der Waals surface area contributed by atoms with Crippen molar-refractivity contribution < 1.29 is 14.6 Å². The average Bonchev–Trinajstić information content (AvgIpc) is 2.69. The summed E-state index contributed by atoms with van der Waals surface area (Å²) in [5.41, 5.74) is 4.04. The van der Waals surface area contributed by atoms with Gasteiger partial charge in [-0.3, -0.25) is 35.9 Å². The van der Waals surface area contributed by atoms with Crippen molar-refractivity contribution in [3.63, 3.8) is 0 Å². The number of hydrogen-bond donors (Lipinski definition) is 2. The molecular formula is C16H19N7O5. The van der Waals surface area contributed by atoms with Crippen molar-refractivity contribution in [2.24, 2.45) is 0 Å². The smallest absolute Gasteiger partial charge is 0.354 e. The number of nitro groups is 2. The molecule has 12 heteroatoms. The Kier molecular flexibility index (Phi) is 6.73. The Hall–Kier alpha value is -3.83. The predicted molar refractivity (Wildman–Crippen MR) is 101 cm³/mol. The second-order valence-electron chi connectivity index (χ2n) is 5.81. The van der Waals surface area contributed by atoms with E-state index < -0.39 is 15.8 Å². The topological polar surface area (TPSA) is 156 Å². The van der Waals surface area contributed by atoms with Crippen LogP contribution in [0, 0.1) is 20.2 Å². The molecular weight excluding hydrogens is 370 g/mol. The Balaban J connectivity index is 2.21. The van der Waals surface area contributed by atoms with E-state index in [1.165, 1.54) is 18.2 Å². The number of nitrogens with zero attached hydrogens (tertiary/aromatic N) is 5. The average molecular weight is 389 g/mol. The number of hydrogen-bond acceptors (Lipinski definition) is 9. The molecule has 0 bridgehead atoms. The number of anilines is 2. The fourth-order valence-corrected chi connectivity index (χ4v) is 2.36. The summed E-state index contributed by atoms with van der Waals surface area (Å²) in [6, 6.07) is 5.08. The van der Waals surface area contributed by atoms with E-state index in [-0.39, 0.29) is 28.6 Å². The van der Waals surface area contributed by atoms with Crippen LogP contribution in [0.2, 0.25) is 0 Å². The molecule has 0 atom stereocenters. The summed E-state index contributed by atoms with van der Waals surface area (Å²) in [4.78, 5) is 42.7. The van der Waals surface area contributed by atoms with Crippen molar-refractivity contribution in [2.45, 2.75) is 19.8 Å². The molecule has 0 spiro atoms. The van der Waals surface area contributed by atoms with Gasteiger partial charge in [0.2, 0.25) is 11.6 Å². The Morgan fingerprint density at radius 3 is 2.61 bits per heavy atom. The molecule has 2 aromatic rings. The SMILES string of the molecule is CCCCN(C)c1ncnc(NNC(=O)c2cccc([N+](=O)[O-])c2)c1[N+](=O)[O-]. The number of hydrazine groups is 1. The lowest BCUT2D eigenvalue weighted by Gasteiger charge is -2.18. The summed E-state index contributed by atoms with van der Waals surface area (Å²) in [7, 11) is 1.68. The van der Waals surface area contributed by atoms with Crippen LogP contribution in [0.4, 0.5) is 23.0 Å². The first kappa shape index (κ1) is 20.5. The van der Waals surface area contributed by atoms with E-state index in [2.05, 4.69) is 20.8 Å². The second-order valence-corrected chi connectivity index (χ2v) is 5.81. The first-order chi connectivity index (χ1) is 13.3. The van der Waals surface area contributed by atoms with Crippen LogP contribution in [0.3, 0.4) is 0 Å². The van der Waals surface area contributed by atoms with Crippen molar-refractivity contribution >= 4 is 28.9 Å². The van der Waals surface area contributed by atoms with Crippen LogP contribution in [-0.4, -0.2) is 39.3 Å². The van der Waals surface area contributed by atoms with Gasteiger partial charge in [-0.2, -0.15) is 0 Å². The number of carbonyl (C=O) groups is 1. The third kappa shape index (κ3) is 4.87. The summed E-state index contributed by atoms with van der Waals surface area (Å²) < 4.78 is 0. The number of aromatic nitrogens is 2. The highest BCUT2D eigenvalue weighted by atomic mass is 16.6. The zero-order chi connectivity index (χ0) is 20.7. The molecule has 1 aromatic carbocycles. The molecule has 0 saturated carbocycles. The fraction of sp³-hybridized carbons (Fsp3) is 0.312. The molecule has 0 aliphatic heterocycles. The Labute approximate surface area is 159 Å². The molecule has 1 heterocycles. The highest BCUT2D eigenvalue weighted by Crippen LogP contribution is 2.30.